The highest BCUT2D eigenvalue weighted by atomic mass is 79.9. The first-order valence-electron chi connectivity index (χ1n) is 15.0. The molecule has 0 aromatic heterocycles. The number of aryl methyl sites for hydroxylation is 1. The van der Waals surface area contributed by atoms with Crippen LogP contribution in [0.25, 0.3) is 11.1 Å². The number of carbonyl (C=O) groups is 2. The Kier molecular flexibility index (Phi) is 13.1. The Morgan fingerprint density at radius 2 is 1.52 bits per heavy atom. The van der Waals surface area contributed by atoms with Crippen LogP contribution in [0.15, 0.2) is 57.9 Å². The summed E-state index contributed by atoms with van der Waals surface area (Å²) in [5.41, 5.74) is 4.39. The molecular formula is C33H37BrF3NO7S. The number of carboxylic acids is 1. The number of phenols is 1. The number of carboxylic acid groups (broad SMARTS) is 1. The molecule has 3 aromatic rings. The van der Waals surface area contributed by atoms with Crippen LogP contribution in [-0.2, 0) is 22.7 Å². The second-order valence-corrected chi connectivity index (χ2v) is 13.3. The largest absolute Gasteiger partial charge is 0.507 e. The van der Waals surface area contributed by atoms with E-state index in [1.54, 1.807) is 0 Å². The highest BCUT2D eigenvalue weighted by molar-refractivity contribution is 9.10. The van der Waals surface area contributed by atoms with Crippen LogP contribution >= 0.6 is 15.9 Å². The van der Waals surface area contributed by atoms with Gasteiger partial charge >= 0.3 is 22.3 Å². The van der Waals surface area contributed by atoms with E-state index in [1.807, 2.05) is 0 Å². The zero-order chi connectivity index (χ0) is 34.1. The summed E-state index contributed by atoms with van der Waals surface area (Å²) < 4.78 is 72.8. The quantitative estimate of drug-likeness (QED) is 0.0931. The summed E-state index contributed by atoms with van der Waals surface area (Å²) in [5.74, 6) is -3.75. The average molecular weight is 729 g/mol. The molecule has 8 nitrogen and oxygen atoms in total. The van der Waals surface area contributed by atoms with Crippen molar-refractivity contribution in [3.63, 3.8) is 0 Å². The molecule has 0 aliphatic rings. The fourth-order valence-electron chi connectivity index (χ4n) is 5.12. The fourth-order valence-corrected chi connectivity index (χ4v) is 6.95. The zero-order valence-corrected chi connectivity index (χ0v) is 27.7. The van der Waals surface area contributed by atoms with E-state index >= 15 is 0 Å². The van der Waals surface area contributed by atoms with Gasteiger partial charge in [0, 0.05) is 11.6 Å². The lowest BCUT2D eigenvalue weighted by molar-refractivity contribution is -0.137. The van der Waals surface area contributed by atoms with Crippen LogP contribution in [0.2, 0.25) is 0 Å². The number of rotatable bonds is 17. The number of aromatic carboxylic acids is 1. The topological polar surface area (TPSA) is 144 Å². The first kappa shape index (κ1) is 36.9. The van der Waals surface area contributed by atoms with E-state index in [0.29, 0.717) is 24.5 Å². The van der Waals surface area contributed by atoms with Crippen molar-refractivity contribution in [2.24, 2.45) is 5.73 Å². The van der Waals surface area contributed by atoms with Gasteiger partial charge in [-0.2, -0.15) is 21.6 Å². The van der Waals surface area contributed by atoms with Gasteiger partial charge in [0.2, 0.25) is 5.91 Å². The molecule has 0 bridgehead atoms. The van der Waals surface area contributed by atoms with Gasteiger partial charge in [-0.3, -0.25) is 4.79 Å². The van der Waals surface area contributed by atoms with Crippen molar-refractivity contribution in [1.29, 1.82) is 0 Å². The van der Waals surface area contributed by atoms with Gasteiger partial charge in [-0.1, -0.05) is 76.8 Å². The number of halogens is 4. The van der Waals surface area contributed by atoms with Gasteiger partial charge < -0.3 is 20.1 Å². The highest BCUT2D eigenvalue weighted by Gasteiger charge is 2.32. The molecule has 0 heterocycles. The maximum Gasteiger partial charge on any atom is 0.416 e. The maximum absolute atomic E-state index is 13.6. The van der Waals surface area contributed by atoms with Gasteiger partial charge in [-0.05, 0) is 70.2 Å². The fraction of sp³-hybridized carbons (Fsp3) is 0.394. The summed E-state index contributed by atoms with van der Waals surface area (Å²) >= 11 is 3.24. The summed E-state index contributed by atoms with van der Waals surface area (Å²) in [6.07, 6.45) is 6.32. The molecule has 0 saturated heterocycles. The smallest absolute Gasteiger partial charge is 0.416 e. The molecule has 3 rings (SSSR count). The second kappa shape index (κ2) is 16.3. The molecule has 46 heavy (non-hydrogen) atoms. The summed E-state index contributed by atoms with van der Waals surface area (Å²) in [6.45, 7) is 2.17. The molecule has 250 valence electrons. The van der Waals surface area contributed by atoms with E-state index in [1.165, 1.54) is 44.2 Å². The normalized spacial score (nSPS) is 11.8. The lowest BCUT2D eigenvalue weighted by Crippen LogP contribution is -2.18. The monoisotopic (exact) mass is 727 g/mol. The first-order valence-corrected chi connectivity index (χ1v) is 17.2. The van der Waals surface area contributed by atoms with Crippen molar-refractivity contribution in [2.75, 3.05) is 0 Å². The van der Waals surface area contributed by atoms with E-state index in [0.717, 1.165) is 56.0 Å². The van der Waals surface area contributed by atoms with Crippen LogP contribution in [0.3, 0.4) is 0 Å². The van der Waals surface area contributed by atoms with Crippen molar-refractivity contribution in [2.45, 2.75) is 88.6 Å². The van der Waals surface area contributed by atoms with Crippen molar-refractivity contribution in [1.82, 2.24) is 0 Å². The van der Waals surface area contributed by atoms with Crippen LogP contribution in [0.1, 0.15) is 103 Å². The molecule has 0 aliphatic heterocycles. The lowest BCUT2D eigenvalue weighted by Gasteiger charge is -2.19. The van der Waals surface area contributed by atoms with E-state index < -0.39 is 55.7 Å². The summed E-state index contributed by atoms with van der Waals surface area (Å²) in [6, 6.07) is 8.05. The number of aromatic hydroxyl groups is 1. The Bertz CT molecular complexity index is 1660. The van der Waals surface area contributed by atoms with Crippen LogP contribution in [0.4, 0.5) is 13.2 Å². The molecule has 0 unspecified atom stereocenters. The summed E-state index contributed by atoms with van der Waals surface area (Å²) in [7, 11) is -4.82. The Labute approximate surface area is 275 Å². The maximum atomic E-state index is 13.6. The Morgan fingerprint density at radius 3 is 2.07 bits per heavy atom. The van der Waals surface area contributed by atoms with Gasteiger partial charge in [0.05, 0.1) is 15.6 Å². The molecule has 0 spiro atoms. The van der Waals surface area contributed by atoms with Crippen molar-refractivity contribution >= 4 is 37.9 Å². The SMILES string of the molecule is CCCCCCCCCCCCc1cc(-c2cccc(C(F)(F)F)c2)c(OS(=O)(=O)c2ccc(C(=O)O)c(O)c2)c(Br)c1C(N)=O. The highest BCUT2D eigenvalue weighted by Crippen LogP contribution is 2.44. The summed E-state index contributed by atoms with van der Waals surface area (Å²) in [5, 5.41) is 19.2. The van der Waals surface area contributed by atoms with Gasteiger partial charge in [0.15, 0.2) is 5.75 Å². The number of hydrogen-bond donors (Lipinski definition) is 3. The molecule has 4 N–H and O–H groups in total. The van der Waals surface area contributed by atoms with Crippen LogP contribution in [-0.4, -0.2) is 30.5 Å². The molecule has 1 amide bonds. The van der Waals surface area contributed by atoms with E-state index in [4.69, 9.17) is 15.0 Å². The van der Waals surface area contributed by atoms with Gasteiger partial charge in [0.1, 0.15) is 16.2 Å². The van der Waals surface area contributed by atoms with Gasteiger partial charge in [-0.25, -0.2) is 4.79 Å². The molecule has 0 radical (unpaired) electrons. The van der Waals surface area contributed by atoms with Crippen LogP contribution in [0, 0.1) is 0 Å². The van der Waals surface area contributed by atoms with E-state index in [9.17, 15) is 36.3 Å². The van der Waals surface area contributed by atoms with Crippen molar-refractivity contribution < 1.29 is 45.6 Å². The number of alkyl halides is 3. The molecule has 0 atom stereocenters. The number of hydrogen-bond acceptors (Lipinski definition) is 6. The van der Waals surface area contributed by atoms with E-state index in [2.05, 4.69) is 22.9 Å². The number of nitrogens with two attached hydrogens (primary N) is 1. The first-order chi connectivity index (χ1) is 21.7. The number of unbranched alkanes of at least 4 members (excludes halogenated alkanes) is 9. The molecule has 0 saturated carbocycles. The molecule has 3 aromatic carbocycles. The minimum atomic E-state index is -4.82. The second-order valence-electron chi connectivity index (χ2n) is 11.0. The Morgan fingerprint density at radius 1 is 0.913 bits per heavy atom. The number of carbonyl (C=O) groups excluding carboxylic acids is 1. The van der Waals surface area contributed by atoms with Crippen molar-refractivity contribution in [3.8, 4) is 22.6 Å². The number of amides is 1. The minimum absolute atomic E-state index is 0.0369. The van der Waals surface area contributed by atoms with Crippen molar-refractivity contribution in [3.05, 3.63) is 75.3 Å². The predicted octanol–water partition coefficient (Wildman–Crippen LogP) is 8.87. The molecule has 0 aliphatic carbocycles. The molecule has 13 heteroatoms. The zero-order valence-electron chi connectivity index (χ0n) is 25.3. The Balaban J connectivity index is 2.00. The lowest BCUT2D eigenvalue weighted by atomic mass is 9.93. The average Bonchev–Trinajstić information content (AvgIpc) is 2.98. The Hall–Kier alpha value is -3.58. The van der Waals surface area contributed by atoms with Gasteiger partial charge in [-0.15, -0.1) is 0 Å². The molecular weight excluding hydrogens is 691 g/mol. The predicted molar refractivity (Wildman–Crippen MR) is 172 cm³/mol. The number of primary amides is 1. The third-order valence-corrected chi connectivity index (χ3v) is 9.51. The van der Waals surface area contributed by atoms with E-state index in [-0.39, 0.29) is 21.2 Å². The van der Waals surface area contributed by atoms with Crippen LogP contribution < -0.4 is 9.92 Å². The standard InChI is InChI=1S/C33H37BrF3NO7S/c1-2-3-4-5-6-7-8-9-10-11-13-22-19-26(21-14-12-15-23(18-21)33(35,36)37)30(29(34)28(22)31(38)40)45-46(43,44)24-16-17-25(32(41)42)27(39)20-24/h12,14-20,39H,2-11,13H2,1H3,(H2,38,40)(H,41,42). The van der Waals surface area contributed by atoms with Crippen LogP contribution in [0.5, 0.6) is 11.5 Å². The number of benzene rings is 3. The summed E-state index contributed by atoms with van der Waals surface area (Å²) in [4.78, 5) is 23.3. The third kappa shape index (κ3) is 9.71. The third-order valence-electron chi connectivity index (χ3n) is 7.53. The minimum Gasteiger partial charge on any atom is -0.507 e. The molecule has 0 fully saturated rings. The van der Waals surface area contributed by atoms with Gasteiger partial charge in [0.25, 0.3) is 0 Å².